The molecule has 2 aliphatic rings. The Morgan fingerprint density at radius 3 is 2.37 bits per heavy atom. The topological polar surface area (TPSA) is 92.8 Å². The molecule has 38 heavy (non-hydrogen) atoms. The highest BCUT2D eigenvalue weighted by molar-refractivity contribution is 6.03. The second kappa shape index (κ2) is 12.5. The fourth-order valence-electron chi connectivity index (χ4n) is 4.87. The minimum atomic E-state index is -0.332. The van der Waals surface area contributed by atoms with Gasteiger partial charge < -0.3 is 15.0 Å². The summed E-state index contributed by atoms with van der Waals surface area (Å²) in [5.41, 5.74) is 2.31. The average molecular weight is 515 g/mol. The zero-order chi connectivity index (χ0) is 27.1. The molecule has 1 unspecified atom stereocenters. The number of hydrogen-bond donors (Lipinski definition) is 1. The largest absolute Gasteiger partial charge is 0.494 e. The number of carbonyl (C=O) groups is 4. The van der Waals surface area contributed by atoms with E-state index in [-0.39, 0.29) is 48.4 Å². The van der Waals surface area contributed by atoms with Gasteiger partial charge in [0.15, 0.2) is 5.78 Å². The predicted molar refractivity (Wildman–Crippen MR) is 145 cm³/mol. The van der Waals surface area contributed by atoms with E-state index in [1.54, 1.807) is 41.3 Å². The lowest BCUT2D eigenvalue weighted by atomic mass is 9.94. The van der Waals surface area contributed by atoms with Crippen molar-refractivity contribution < 1.29 is 23.9 Å². The fraction of sp³-hybridized carbons (Fsp3) is 0.355. The summed E-state index contributed by atoms with van der Waals surface area (Å²) in [6, 6.07) is 16.1. The zero-order valence-electron chi connectivity index (χ0n) is 21.9. The number of ketones is 2. The van der Waals surface area contributed by atoms with Crippen molar-refractivity contribution in [1.82, 2.24) is 10.2 Å². The number of Topliss-reactive ketones (excluding diaryl/α,β-unsaturated/α-hetero) is 2. The number of amides is 2. The molecule has 0 aromatic heterocycles. The number of nitrogens with one attached hydrogen (secondary N) is 1. The summed E-state index contributed by atoms with van der Waals surface area (Å²) in [4.78, 5) is 52.1. The number of allylic oxidation sites excluding steroid dienone is 2. The minimum absolute atomic E-state index is 0.0190. The second-order valence-corrected chi connectivity index (χ2v) is 9.93. The van der Waals surface area contributed by atoms with Crippen molar-refractivity contribution >= 4 is 23.4 Å². The van der Waals surface area contributed by atoms with Gasteiger partial charge in [0, 0.05) is 49.4 Å². The van der Waals surface area contributed by atoms with Crippen molar-refractivity contribution in [3.63, 3.8) is 0 Å². The molecule has 2 aromatic rings. The van der Waals surface area contributed by atoms with Crippen LogP contribution in [-0.2, 0) is 20.7 Å². The smallest absolute Gasteiger partial charge is 0.255 e. The predicted octanol–water partition coefficient (Wildman–Crippen LogP) is 4.29. The molecule has 7 heteroatoms. The standard InChI is InChI=1S/C31H34N2O5/c1-21-9-8-14-27(30(36)32-20-28(35)23-10-4-3-5-11-23)29(21)38-25-15-17-33(18-16-25)31(37)26-13-7-6-12-24(26)19-22(2)34/h3-8,10-14,21,25H,9,15-20H2,1-2H3,(H,32,36). The van der Waals surface area contributed by atoms with Crippen LogP contribution in [0.2, 0.25) is 0 Å². The Morgan fingerprint density at radius 2 is 1.66 bits per heavy atom. The van der Waals surface area contributed by atoms with Crippen LogP contribution < -0.4 is 5.32 Å². The van der Waals surface area contributed by atoms with Crippen molar-refractivity contribution in [1.29, 1.82) is 0 Å². The first-order valence-corrected chi connectivity index (χ1v) is 13.1. The Hall–Kier alpha value is -4.00. The molecule has 198 valence electrons. The molecule has 1 aliphatic heterocycles. The molecule has 0 bridgehead atoms. The van der Waals surface area contributed by atoms with Crippen LogP contribution in [0.3, 0.4) is 0 Å². The van der Waals surface area contributed by atoms with Gasteiger partial charge in [-0.15, -0.1) is 0 Å². The van der Waals surface area contributed by atoms with E-state index < -0.39 is 0 Å². The molecule has 4 rings (SSSR count). The van der Waals surface area contributed by atoms with Gasteiger partial charge in [-0.2, -0.15) is 0 Å². The molecule has 0 spiro atoms. The first-order chi connectivity index (χ1) is 18.3. The summed E-state index contributed by atoms with van der Waals surface area (Å²) >= 11 is 0. The number of rotatable bonds is 9. The molecule has 1 heterocycles. The van der Waals surface area contributed by atoms with Crippen LogP contribution in [0.25, 0.3) is 0 Å². The minimum Gasteiger partial charge on any atom is -0.494 e. The van der Waals surface area contributed by atoms with Gasteiger partial charge in [-0.05, 0) is 25.0 Å². The maximum atomic E-state index is 13.2. The number of nitrogens with zero attached hydrogens (tertiary/aromatic N) is 1. The number of likely N-dealkylation sites (tertiary alicyclic amines) is 1. The van der Waals surface area contributed by atoms with E-state index >= 15 is 0 Å². The quantitative estimate of drug-likeness (QED) is 0.504. The molecular weight excluding hydrogens is 480 g/mol. The summed E-state index contributed by atoms with van der Waals surface area (Å²) in [7, 11) is 0. The molecule has 2 aromatic carbocycles. The fourth-order valence-corrected chi connectivity index (χ4v) is 4.87. The van der Waals surface area contributed by atoms with Crippen LogP contribution in [0.15, 0.2) is 78.1 Å². The third kappa shape index (κ3) is 6.65. The molecule has 1 saturated heterocycles. The highest BCUT2D eigenvalue weighted by Gasteiger charge is 2.30. The number of carbonyl (C=O) groups excluding carboxylic acids is 4. The van der Waals surface area contributed by atoms with E-state index in [2.05, 4.69) is 5.32 Å². The van der Waals surface area contributed by atoms with Gasteiger partial charge in [0.2, 0.25) is 0 Å². The van der Waals surface area contributed by atoms with Gasteiger partial charge in [-0.25, -0.2) is 0 Å². The Morgan fingerprint density at radius 1 is 0.974 bits per heavy atom. The molecule has 0 radical (unpaired) electrons. The van der Waals surface area contributed by atoms with Crippen LogP contribution in [0, 0.1) is 5.92 Å². The molecular formula is C31H34N2O5. The normalized spacial score (nSPS) is 17.7. The first-order valence-electron chi connectivity index (χ1n) is 13.1. The van der Waals surface area contributed by atoms with Gasteiger partial charge >= 0.3 is 0 Å². The summed E-state index contributed by atoms with van der Waals surface area (Å²) < 4.78 is 6.38. The lowest BCUT2D eigenvalue weighted by Crippen LogP contribution is -2.41. The number of benzene rings is 2. The van der Waals surface area contributed by atoms with Crippen LogP contribution >= 0.6 is 0 Å². The second-order valence-electron chi connectivity index (χ2n) is 9.93. The van der Waals surface area contributed by atoms with E-state index in [1.165, 1.54) is 6.92 Å². The lowest BCUT2D eigenvalue weighted by Gasteiger charge is -2.34. The van der Waals surface area contributed by atoms with E-state index in [9.17, 15) is 19.2 Å². The Labute approximate surface area is 223 Å². The van der Waals surface area contributed by atoms with Crippen molar-refractivity contribution in [2.75, 3.05) is 19.6 Å². The number of ether oxygens (including phenoxy) is 1. The van der Waals surface area contributed by atoms with Gasteiger partial charge in [0.1, 0.15) is 17.6 Å². The Balaban J connectivity index is 1.38. The summed E-state index contributed by atoms with van der Waals surface area (Å²) in [5.74, 6) is 0.123. The van der Waals surface area contributed by atoms with E-state index in [1.807, 2.05) is 37.3 Å². The summed E-state index contributed by atoms with van der Waals surface area (Å²) in [6.45, 7) is 4.51. The van der Waals surface area contributed by atoms with Crippen molar-refractivity contribution in [3.05, 3.63) is 94.8 Å². The van der Waals surface area contributed by atoms with Crippen molar-refractivity contribution in [2.45, 2.75) is 45.6 Å². The number of hydrogen-bond acceptors (Lipinski definition) is 5. The SMILES string of the molecule is CC(=O)Cc1ccccc1C(=O)N1CCC(OC2=C(C(=O)NCC(=O)c3ccccc3)C=CCC2C)CC1. The Bertz CT molecular complexity index is 1260. The third-order valence-electron chi connectivity index (χ3n) is 6.95. The maximum absolute atomic E-state index is 13.2. The molecule has 1 N–H and O–H groups in total. The highest BCUT2D eigenvalue weighted by Crippen LogP contribution is 2.30. The number of piperidine rings is 1. The van der Waals surface area contributed by atoms with E-state index in [4.69, 9.17) is 4.74 Å². The van der Waals surface area contributed by atoms with Crippen molar-refractivity contribution in [3.8, 4) is 0 Å². The maximum Gasteiger partial charge on any atom is 0.255 e. The van der Waals surface area contributed by atoms with Gasteiger partial charge in [0.25, 0.3) is 11.8 Å². The molecule has 2 amide bonds. The first kappa shape index (κ1) is 27.0. The molecule has 1 fully saturated rings. The highest BCUT2D eigenvalue weighted by atomic mass is 16.5. The van der Waals surface area contributed by atoms with Crippen LogP contribution in [0.5, 0.6) is 0 Å². The molecule has 1 atom stereocenters. The Kier molecular flexibility index (Phi) is 8.89. The molecule has 7 nitrogen and oxygen atoms in total. The van der Waals surface area contributed by atoms with Gasteiger partial charge in [-0.1, -0.05) is 67.6 Å². The molecule has 0 saturated carbocycles. The van der Waals surface area contributed by atoms with Crippen molar-refractivity contribution in [2.24, 2.45) is 5.92 Å². The van der Waals surface area contributed by atoms with E-state index in [0.29, 0.717) is 48.4 Å². The van der Waals surface area contributed by atoms with Gasteiger partial charge in [-0.3, -0.25) is 19.2 Å². The van der Waals surface area contributed by atoms with E-state index in [0.717, 1.165) is 12.0 Å². The third-order valence-corrected chi connectivity index (χ3v) is 6.95. The summed E-state index contributed by atoms with van der Waals surface area (Å²) in [5, 5.41) is 2.74. The van der Waals surface area contributed by atoms with Crippen LogP contribution in [0.4, 0.5) is 0 Å². The molecule has 1 aliphatic carbocycles. The van der Waals surface area contributed by atoms with Gasteiger partial charge in [0.05, 0.1) is 12.1 Å². The van der Waals surface area contributed by atoms with Crippen LogP contribution in [-0.4, -0.2) is 54.0 Å². The lowest BCUT2D eigenvalue weighted by molar-refractivity contribution is -0.117. The zero-order valence-corrected chi connectivity index (χ0v) is 21.9. The average Bonchev–Trinajstić information content (AvgIpc) is 2.93. The summed E-state index contributed by atoms with van der Waals surface area (Å²) in [6.07, 6.45) is 5.88. The monoisotopic (exact) mass is 514 g/mol. The van der Waals surface area contributed by atoms with Crippen LogP contribution in [0.1, 0.15) is 59.4 Å².